The Labute approximate surface area is 149 Å². The largest absolute Gasteiger partial charge is 0.480 e. The summed E-state index contributed by atoms with van der Waals surface area (Å²) in [5.74, 6) is -1.07. The van der Waals surface area contributed by atoms with E-state index in [-0.39, 0.29) is 11.8 Å². The van der Waals surface area contributed by atoms with E-state index in [0.29, 0.717) is 32.4 Å². The molecule has 2 amide bonds. The number of hydrogen-bond donors (Lipinski definition) is 1. The number of amides is 2. The summed E-state index contributed by atoms with van der Waals surface area (Å²) >= 11 is 0. The summed E-state index contributed by atoms with van der Waals surface area (Å²) in [4.78, 5) is 40.4. The zero-order valence-corrected chi connectivity index (χ0v) is 15.9. The molecule has 25 heavy (non-hydrogen) atoms. The van der Waals surface area contributed by atoms with E-state index < -0.39 is 29.2 Å². The Morgan fingerprint density at radius 2 is 1.88 bits per heavy atom. The minimum absolute atomic E-state index is 0.163. The summed E-state index contributed by atoms with van der Waals surface area (Å²) in [7, 11) is 0. The lowest BCUT2D eigenvalue weighted by Gasteiger charge is -2.35. The predicted octanol–water partition coefficient (Wildman–Crippen LogP) is 2.49. The van der Waals surface area contributed by atoms with Crippen LogP contribution in [0.2, 0.25) is 0 Å². The van der Waals surface area contributed by atoms with Crippen molar-refractivity contribution in [3.05, 3.63) is 0 Å². The van der Waals surface area contributed by atoms with Crippen LogP contribution in [-0.4, -0.2) is 63.1 Å². The van der Waals surface area contributed by atoms with Gasteiger partial charge in [-0.3, -0.25) is 9.69 Å². The smallest absolute Gasteiger partial charge is 0.411 e. The Balaban J connectivity index is 2.23. The fourth-order valence-electron chi connectivity index (χ4n) is 3.83. The van der Waals surface area contributed by atoms with E-state index >= 15 is 0 Å². The van der Waals surface area contributed by atoms with Crippen LogP contribution in [0.4, 0.5) is 4.79 Å². The van der Waals surface area contributed by atoms with Gasteiger partial charge in [0.2, 0.25) is 5.91 Å². The molecule has 0 aliphatic carbocycles. The Bertz CT molecular complexity index is 554. The molecule has 2 rings (SSSR count). The fourth-order valence-corrected chi connectivity index (χ4v) is 3.83. The first-order valence-electron chi connectivity index (χ1n) is 9.02. The van der Waals surface area contributed by atoms with E-state index in [9.17, 15) is 19.5 Å². The summed E-state index contributed by atoms with van der Waals surface area (Å²) in [6.45, 7) is 10.1. The first-order chi connectivity index (χ1) is 11.5. The normalized spacial score (nSPS) is 25.1. The van der Waals surface area contributed by atoms with E-state index in [1.807, 2.05) is 13.8 Å². The van der Waals surface area contributed by atoms with E-state index in [0.717, 1.165) is 6.42 Å². The standard InChI is InChI=1S/C18H30N2O5/c1-12(2)11-13(14(21)22)19-10-8-18(15(19)23)7-6-9-20(18)16(24)25-17(3,4)5/h12-13H,6-11H2,1-5H3,(H,21,22)/t13-,18?/m1/s1. The Kier molecular flexibility index (Phi) is 5.35. The lowest BCUT2D eigenvalue weighted by Crippen LogP contribution is -2.55. The lowest BCUT2D eigenvalue weighted by molar-refractivity contribution is -0.151. The zero-order valence-electron chi connectivity index (χ0n) is 15.9. The molecular formula is C18H30N2O5. The van der Waals surface area contributed by atoms with E-state index in [1.165, 1.54) is 9.80 Å². The van der Waals surface area contributed by atoms with Gasteiger partial charge in [0, 0.05) is 13.1 Å². The summed E-state index contributed by atoms with van der Waals surface area (Å²) in [5, 5.41) is 9.56. The number of rotatable bonds is 4. The highest BCUT2D eigenvalue weighted by atomic mass is 16.6. The average molecular weight is 354 g/mol. The molecule has 2 fully saturated rings. The first kappa shape index (κ1) is 19.5. The van der Waals surface area contributed by atoms with E-state index in [4.69, 9.17) is 4.74 Å². The summed E-state index contributed by atoms with van der Waals surface area (Å²) < 4.78 is 5.46. The molecular weight excluding hydrogens is 324 g/mol. The van der Waals surface area contributed by atoms with Gasteiger partial charge in [0.25, 0.3) is 0 Å². The summed E-state index contributed by atoms with van der Waals surface area (Å²) in [6, 6.07) is -0.840. The van der Waals surface area contributed by atoms with Crippen LogP contribution in [-0.2, 0) is 14.3 Å². The second kappa shape index (κ2) is 6.84. The Morgan fingerprint density at radius 3 is 2.40 bits per heavy atom. The molecule has 7 nitrogen and oxygen atoms in total. The van der Waals surface area contributed by atoms with Gasteiger partial charge in [-0.25, -0.2) is 9.59 Å². The molecule has 7 heteroatoms. The Morgan fingerprint density at radius 1 is 1.24 bits per heavy atom. The maximum atomic E-state index is 13.2. The topological polar surface area (TPSA) is 87.2 Å². The molecule has 0 radical (unpaired) electrons. The van der Waals surface area contributed by atoms with E-state index in [2.05, 4.69) is 0 Å². The monoisotopic (exact) mass is 354 g/mol. The average Bonchev–Trinajstić information content (AvgIpc) is 3.01. The molecule has 0 aromatic rings. The molecule has 2 aliphatic heterocycles. The molecule has 2 atom stereocenters. The highest BCUT2D eigenvalue weighted by Gasteiger charge is 2.57. The van der Waals surface area contributed by atoms with Crippen LogP contribution >= 0.6 is 0 Å². The van der Waals surface area contributed by atoms with Crippen molar-refractivity contribution in [2.75, 3.05) is 13.1 Å². The third-order valence-corrected chi connectivity index (χ3v) is 4.88. The molecule has 0 saturated carbocycles. The van der Waals surface area contributed by atoms with Gasteiger partial charge >= 0.3 is 12.1 Å². The number of carboxylic acids is 1. The van der Waals surface area contributed by atoms with Crippen molar-refractivity contribution in [1.82, 2.24) is 9.80 Å². The van der Waals surface area contributed by atoms with Crippen LogP contribution in [0, 0.1) is 5.92 Å². The van der Waals surface area contributed by atoms with Gasteiger partial charge in [0.1, 0.15) is 17.2 Å². The molecule has 1 N–H and O–H groups in total. The van der Waals surface area contributed by atoms with Crippen molar-refractivity contribution in [3.63, 3.8) is 0 Å². The number of ether oxygens (including phenoxy) is 1. The summed E-state index contributed by atoms with van der Waals surface area (Å²) in [5.41, 5.74) is -1.57. The van der Waals surface area contributed by atoms with Crippen molar-refractivity contribution in [2.45, 2.75) is 77.5 Å². The first-order valence-corrected chi connectivity index (χ1v) is 9.02. The van der Waals surface area contributed by atoms with Gasteiger partial charge in [-0.05, 0) is 52.4 Å². The zero-order chi connectivity index (χ0) is 19.0. The van der Waals surface area contributed by atoms with Crippen molar-refractivity contribution in [2.24, 2.45) is 5.92 Å². The number of likely N-dealkylation sites (tertiary alicyclic amines) is 2. The number of carbonyl (C=O) groups excluding carboxylic acids is 2. The maximum absolute atomic E-state index is 13.2. The second-order valence-corrected chi connectivity index (χ2v) is 8.50. The van der Waals surface area contributed by atoms with Gasteiger partial charge in [-0.2, -0.15) is 0 Å². The van der Waals surface area contributed by atoms with Gasteiger partial charge in [-0.1, -0.05) is 13.8 Å². The van der Waals surface area contributed by atoms with Gasteiger partial charge in [0.15, 0.2) is 0 Å². The van der Waals surface area contributed by atoms with Crippen LogP contribution in [0.15, 0.2) is 0 Å². The molecule has 0 aromatic carbocycles. The van der Waals surface area contributed by atoms with Crippen LogP contribution < -0.4 is 0 Å². The van der Waals surface area contributed by atoms with Gasteiger partial charge < -0.3 is 14.7 Å². The molecule has 0 aromatic heterocycles. The second-order valence-electron chi connectivity index (χ2n) is 8.50. The van der Waals surface area contributed by atoms with Crippen LogP contribution in [0.25, 0.3) is 0 Å². The molecule has 2 aliphatic rings. The molecule has 142 valence electrons. The lowest BCUT2D eigenvalue weighted by atomic mass is 9.94. The molecule has 1 spiro atoms. The van der Waals surface area contributed by atoms with Crippen molar-refractivity contribution < 1.29 is 24.2 Å². The minimum Gasteiger partial charge on any atom is -0.480 e. The minimum atomic E-state index is -0.985. The highest BCUT2D eigenvalue weighted by molar-refractivity contribution is 5.95. The van der Waals surface area contributed by atoms with Crippen LogP contribution in [0.1, 0.15) is 60.3 Å². The Hall–Kier alpha value is -1.79. The van der Waals surface area contributed by atoms with Crippen molar-refractivity contribution >= 4 is 18.0 Å². The number of aliphatic carboxylic acids is 1. The quantitative estimate of drug-likeness (QED) is 0.838. The van der Waals surface area contributed by atoms with Crippen molar-refractivity contribution in [1.29, 1.82) is 0 Å². The number of carboxylic acid groups (broad SMARTS) is 1. The third-order valence-electron chi connectivity index (χ3n) is 4.88. The van der Waals surface area contributed by atoms with Gasteiger partial charge in [-0.15, -0.1) is 0 Å². The van der Waals surface area contributed by atoms with Crippen LogP contribution in [0.3, 0.4) is 0 Å². The maximum Gasteiger partial charge on any atom is 0.411 e. The third kappa shape index (κ3) is 3.90. The number of hydrogen-bond acceptors (Lipinski definition) is 4. The fraction of sp³-hybridized carbons (Fsp3) is 0.833. The number of nitrogens with zero attached hydrogens (tertiary/aromatic N) is 2. The molecule has 0 bridgehead atoms. The van der Waals surface area contributed by atoms with Crippen molar-refractivity contribution in [3.8, 4) is 0 Å². The number of carbonyl (C=O) groups is 3. The van der Waals surface area contributed by atoms with Gasteiger partial charge in [0.05, 0.1) is 0 Å². The SMILES string of the molecule is CC(C)C[C@H](C(=O)O)N1CCC2(CCCN2C(=O)OC(C)(C)C)C1=O. The van der Waals surface area contributed by atoms with Crippen LogP contribution in [0.5, 0.6) is 0 Å². The summed E-state index contributed by atoms with van der Waals surface area (Å²) in [6.07, 6.45) is 1.67. The predicted molar refractivity (Wildman–Crippen MR) is 92.1 cm³/mol. The molecule has 2 heterocycles. The molecule has 2 saturated heterocycles. The molecule has 1 unspecified atom stereocenters. The highest BCUT2D eigenvalue weighted by Crippen LogP contribution is 2.40. The van der Waals surface area contributed by atoms with E-state index in [1.54, 1.807) is 20.8 Å².